The van der Waals surface area contributed by atoms with Crippen molar-refractivity contribution >= 4 is 5.84 Å². The molecule has 3 N–H and O–H groups in total. The number of ether oxygens (including phenoxy) is 1. The van der Waals surface area contributed by atoms with E-state index in [0.29, 0.717) is 17.9 Å². The van der Waals surface area contributed by atoms with Gasteiger partial charge in [-0.05, 0) is 17.7 Å². The van der Waals surface area contributed by atoms with Gasteiger partial charge in [-0.1, -0.05) is 47.6 Å². The summed E-state index contributed by atoms with van der Waals surface area (Å²) in [5, 5.41) is 11.7. The highest BCUT2D eigenvalue weighted by Crippen LogP contribution is 2.18. The number of nitrogens with zero attached hydrogens (tertiary/aromatic N) is 1. The van der Waals surface area contributed by atoms with Crippen LogP contribution in [0.15, 0.2) is 59.8 Å². The van der Waals surface area contributed by atoms with Crippen molar-refractivity contribution in [1.82, 2.24) is 0 Å². The summed E-state index contributed by atoms with van der Waals surface area (Å²) in [5.74, 6) is 0.635. The van der Waals surface area contributed by atoms with E-state index in [2.05, 4.69) is 5.16 Å². The summed E-state index contributed by atoms with van der Waals surface area (Å²) in [5.41, 5.74) is 7.23. The van der Waals surface area contributed by atoms with Crippen LogP contribution in [-0.2, 0) is 6.61 Å². The van der Waals surface area contributed by atoms with E-state index in [1.807, 2.05) is 42.5 Å². The molecule has 18 heavy (non-hydrogen) atoms. The second kappa shape index (κ2) is 5.72. The Morgan fingerprint density at radius 2 is 1.72 bits per heavy atom. The molecule has 4 nitrogen and oxygen atoms in total. The van der Waals surface area contributed by atoms with Gasteiger partial charge in [-0.3, -0.25) is 0 Å². The van der Waals surface area contributed by atoms with E-state index in [-0.39, 0.29) is 5.84 Å². The molecule has 0 bridgehead atoms. The third-order valence-electron chi connectivity index (χ3n) is 2.51. The van der Waals surface area contributed by atoms with Crippen LogP contribution < -0.4 is 10.5 Å². The van der Waals surface area contributed by atoms with Gasteiger partial charge in [0, 0.05) is 0 Å². The molecule has 0 aliphatic carbocycles. The molecule has 0 amide bonds. The fourth-order valence-corrected chi connectivity index (χ4v) is 1.59. The summed E-state index contributed by atoms with van der Waals surface area (Å²) in [7, 11) is 0. The Kier molecular flexibility index (Phi) is 3.81. The average Bonchev–Trinajstić information content (AvgIpc) is 2.45. The number of rotatable bonds is 4. The lowest BCUT2D eigenvalue weighted by Crippen LogP contribution is -2.14. The molecule has 0 radical (unpaired) electrons. The molecule has 0 saturated carbocycles. The average molecular weight is 242 g/mol. The fraction of sp³-hybridized carbons (Fsp3) is 0.0714. The summed E-state index contributed by atoms with van der Waals surface area (Å²) >= 11 is 0. The second-order valence-electron chi connectivity index (χ2n) is 3.76. The quantitative estimate of drug-likeness (QED) is 0.374. The molecule has 0 fully saturated rings. The topological polar surface area (TPSA) is 67.8 Å². The van der Waals surface area contributed by atoms with Gasteiger partial charge in [0.2, 0.25) is 0 Å². The van der Waals surface area contributed by atoms with Gasteiger partial charge in [0.15, 0.2) is 5.84 Å². The number of oxime groups is 1. The zero-order chi connectivity index (χ0) is 12.8. The highest BCUT2D eigenvalue weighted by atomic mass is 16.5. The number of para-hydroxylation sites is 1. The molecule has 0 aliphatic rings. The molecule has 2 aromatic carbocycles. The molecule has 0 unspecified atom stereocenters. The molecule has 2 rings (SSSR count). The Morgan fingerprint density at radius 1 is 1.06 bits per heavy atom. The molecule has 92 valence electrons. The van der Waals surface area contributed by atoms with Crippen molar-refractivity contribution in [3.05, 3.63) is 65.7 Å². The van der Waals surface area contributed by atoms with E-state index >= 15 is 0 Å². The Hall–Kier alpha value is -2.49. The summed E-state index contributed by atoms with van der Waals surface area (Å²) in [6.45, 7) is 0.441. The van der Waals surface area contributed by atoms with Crippen molar-refractivity contribution in [2.45, 2.75) is 6.61 Å². The van der Waals surface area contributed by atoms with Crippen LogP contribution >= 0.6 is 0 Å². The fourth-order valence-electron chi connectivity index (χ4n) is 1.59. The third-order valence-corrected chi connectivity index (χ3v) is 2.51. The molecular formula is C14H14N2O2. The lowest BCUT2D eigenvalue weighted by Gasteiger charge is -2.10. The number of benzene rings is 2. The van der Waals surface area contributed by atoms with Crippen LogP contribution in [0, 0.1) is 0 Å². The van der Waals surface area contributed by atoms with Crippen LogP contribution in [-0.4, -0.2) is 11.0 Å². The first-order chi connectivity index (χ1) is 8.81. The zero-order valence-corrected chi connectivity index (χ0v) is 9.78. The first-order valence-electron chi connectivity index (χ1n) is 5.55. The van der Waals surface area contributed by atoms with Crippen molar-refractivity contribution in [2.75, 3.05) is 0 Å². The number of hydrogen-bond donors (Lipinski definition) is 2. The maximum Gasteiger partial charge on any atom is 0.173 e. The molecule has 0 spiro atoms. The minimum absolute atomic E-state index is 0.0404. The number of nitrogens with two attached hydrogens (primary N) is 1. The summed E-state index contributed by atoms with van der Waals surface area (Å²) < 4.78 is 5.67. The van der Waals surface area contributed by atoms with Gasteiger partial charge >= 0.3 is 0 Å². The van der Waals surface area contributed by atoms with Crippen LogP contribution in [0.1, 0.15) is 11.1 Å². The van der Waals surface area contributed by atoms with E-state index in [0.717, 1.165) is 5.56 Å². The SMILES string of the molecule is N/C(=N/O)c1ccccc1OCc1ccccc1. The minimum Gasteiger partial charge on any atom is -0.488 e. The zero-order valence-electron chi connectivity index (χ0n) is 9.78. The molecule has 0 heterocycles. The van der Waals surface area contributed by atoms with Crippen LogP contribution in [0.25, 0.3) is 0 Å². The first-order valence-corrected chi connectivity index (χ1v) is 5.55. The third kappa shape index (κ3) is 2.79. The van der Waals surface area contributed by atoms with Gasteiger partial charge in [0.25, 0.3) is 0 Å². The Morgan fingerprint density at radius 3 is 2.44 bits per heavy atom. The van der Waals surface area contributed by atoms with Gasteiger partial charge in [-0.15, -0.1) is 0 Å². The lowest BCUT2D eigenvalue weighted by atomic mass is 10.2. The standard InChI is InChI=1S/C14H14N2O2/c15-14(16-17)12-8-4-5-9-13(12)18-10-11-6-2-1-3-7-11/h1-9,17H,10H2,(H2,15,16). The van der Waals surface area contributed by atoms with Crippen molar-refractivity contribution < 1.29 is 9.94 Å². The van der Waals surface area contributed by atoms with Crippen molar-refractivity contribution in [2.24, 2.45) is 10.9 Å². The van der Waals surface area contributed by atoms with E-state index < -0.39 is 0 Å². The van der Waals surface area contributed by atoms with E-state index in [9.17, 15) is 0 Å². The Bertz CT molecular complexity index is 539. The van der Waals surface area contributed by atoms with Crippen molar-refractivity contribution in [3.63, 3.8) is 0 Å². The van der Waals surface area contributed by atoms with Gasteiger partial charge in [-0.2, -0.15) is 0 Å². The number of hydrogen-bond acceptors (Lipinski definition) is 3. The normalized spacial score (nSPS) is 11.2. The minimum atomic E-state index is 0.0404. The van der Waals surface area contributed by atoms with Crippen LogP contribution in [0.4, 0.5) is 0 Å². The predicted octanol–water partition coefficient (Wildman–Crippen LogP) is 2.36. The summed E-state index contributed by atoms with van der Waals surface area (Å²) in [4.78, 5) is 0. The highest BCUT2D eigenvalue weighted by Gasteiger charge is 2.07. The van der Waals surface area contributed by atoms with E-state index in [1.54, 1.807) is 12.1 Å². The molecular weight excluding hydrogens is 228 g/mol. The first kappa shape index (κ1) is 12.0. The largest absolute Gasteiger partial charge is 0.488 e. The number of amidine groups is 1. The van der Waals surface area contributed by atoms with Gasteiger partial charge in [-0.25, -0.2) is 0 Å². The smallest absolute Gasteiger partial charge is 0.173 e. The molecule has 4 heteroatoms. The summed E-state index contributed by atoms with van der Waals surface area (Å²) in [6.07, 6.45) is 0. The van der Waals surface area contributed by atoms with Crippen molar-refractivity contribution in [3.8, 4) is 5.75 Å². The maximum atomic E-state index is 8.71. The van der Waals surface area contributed by atoms with Gasteiger partial charge in [0.05, 0.1) is 5.56 Å². The van der Waals surface area contributed by atoms with Crippen LogP contribution in [0.2, 0.25) is 0 Å². The molecule has 0 saturated heterocycles. The maximum absolute atomic E-state index is 8.71. The molecule has 0 aliphatic heterocycles. The molecule has 0 atom stereocenters. The Labute approximate surface area is 105 Å². The lowest BCUT2D eigenvalue weighted by molar-refractivity contribution is 0.303. The van der Waals surface area contributed by atoms with Crippen molar-refractivity contribution in [1.29, 1.82) is 0 Å². The van der Waals surface area contributed by atoms with Crippen LogP contribution in [0.3, 0.4) is 0 Å². The second-order valence-corrected chi connectivity index (χ2v) is 3.76. The Balaban J connectivity index is 2.15. The van der Waals surface area contributed by atoms with E-state index in [4.69, 9.17) is 15.7 Å². The molecule has 0 aromatic heterocycles. The van der Waals surface area contributed by atoms with Gasteiger partial charge < -0.3 is 15.7 Å². The van der Waals surface area contributed by atoms with E-state index in [1.165, 1.54) is 0 Å². The predicted molar refractivity (Wildman–Crippen MR) is 69.7 cm³/mol. The van der Waals surface area contributed by atoms with Crippen LogP contribution in [0.5, 0.6) is 5.75 Å². The molecule has 2 aromatic rings. The monoisotopic (exact) mass is 242 g/mol. The van der Waals surface area contributed by atoms with Gasteiger partial charge in [0.1, 0.15) is 12.4 Å². The summed E-state index contributed by atoms with van der Waals surface area (Å²) in [6, 6.07) is 17.0. The highest BCUT2D eigenvalue weighted by molar-refractivity contribution is 5.99.